The van der Waals surface area contributed by atoms with Gasteiger partial charge in [-0.05, 0) is 107 Å². The molecule has 3 aromatic carbocycles. The van der Waals surface area contributed by atoms with Crippen LogP contribution < -0.4 is 0 Å². The third kappa shape index (κ3) is 1.58. The van der Waals surface area contributed by atoms with Crippen molar-refractivity contribution in [3.05, 3.63) is 69.8 Å². The van der Waals surface area contributed by atoms with E-state index in [0.717, 1.165) is 5.92 Å². The lowest BCUT2D eigenvalue weighted by Crippen LogP contribution is -2.37. The second-order valence-corrected chi connectivity index (χ2v) is 9.13. The van der Waals surface area contributed by atoms with E-state index in [2.05, 4.69) is 57.2 Å². The van der Waals surface area contributed by atoms with Gasteiger partial charge >= 0.3 is 0 Å². The fourth-order valence-corrected chi connectivity index (χ4v) is 6.82. The summed E-state index contributed by atoms with van der Waals surface area (Å²) in [5.41, 5.74) is 13.3. The Hall–Kier alpha value is -2.08. The highest BCUT2D eigenvalue weighted by Gasteiger charge is 2.51. The van der Waals surface area contributed by atoms with Crippen LogP contribution in [0.25, 0.3) is 21.9 Å². The van der Waals surface area contributed by atoms with Crippen LogP contribution in [0.2, 0.25) is 0 Å². The van der Waals surface area contributed by atoms with E-state index < -0.39 is 0 Å². The van der Waals surface area contributed by atoms with E-state index in [9.17, 15) is 0 Å². The molecule has 2 atom stereocenters. The first kappa shape index (κ1) is 15.0. The smallest absolute Gasteiger partial charge is 0.0223 e. The maximum atomic E-state index is 2.48. The zero-order valence-corrected chi connectivity index (χ0v) is 16.1. The van der Waals surface area contributed by atoms with Gasteiger partial charge in [-0.15, -0.1) is 0 Å². The average molecular weight is 338 g/mol. The van der Waals surface area contributed by atoms with E-state index in [-0.39, 0.29) is 0 Å². The van der Waals surface area contributed by atoms with Crippen molar-refractivity contribution in [2.45, 2.75) is 58.3 Å². The van der Waals surface area contributed by atoms with Crippen LogP contribution >= 0.6 is 0 Å². The molecule has 1 spiro atoms. The van der Waals surface area contributed by atoms with E-state index in [0.29, 0.717) is 5.41 Å². The van der Waals surface area contributed by atoms with Crippen molar-refractivity contribution in [2.75, 3.05) is 0 Å². The topological polar surface area (TPSA) is 0 Å². The zero-order valence-electron chi connectivity index (χ0n) is 16.1. The van der Waals surface area contributed by atoms with Crippen molar-refractivity contribution in [3.63, 3.8) is 0 Å². The molecule has 3 aliphatic rings. The van der Waals surface area contributed by atoms with Gasteiger partial charge in [0.1, 0.15) is 0 Å². The Morgan fingerprint density at radius 3 is 2.58 bits per heavy atom. The number of rotatable bonds is 0. The largest absolute Gasteiger partial charge is 0.0621 e. The first-order valence-electron chi connectivity index (χ1n) is 10.3. The maximum absolute atomic E-state index is 2.48. The summed E-state index contributed by atoms with van der Waals surface area (Å²) in [6, 6.07) is 14.0. The lowest BCUT2D eigenvalue weighted by Gasteiger charge is -2.44. The van der Waals surface area contributed by atoms with Gasteiger partial charge in [0.2, 0.25) is 0 Å². The van der Waals surface area contributed by atoms with Crippen molar-refractivity contribution in [2.24, 2.45) is 5.92 Å². The van der Waals surface area contributed by atoms with Crippen LogP contribution in [0.15, 0.2) is 36.4 Å². The predicted molar refractivity (Wildman–Crippen MR) is 110 cm³/mol. The summed E-state index contributed by atoms with van der Waals surface area (Å²) in [5, 5.41) is 2.96. The molecule has 0 aromatic heterocycles. The predicted octanol–water partition coefficient (Wildman–Crippen LogP) is 6.64. The van der Waals surface area contributed by atoms with E-state index in [1.165, 1.54) is 48.4 Å². The molecule has 0 fully saturated rings. The summed E-state index contributed by atoms with van der Waals surface area (Å²) in [7, 11) is 0. The molecule has 0 N–H and O–H groups in total. The highest BCUT2D eigenvalue weighted by Crippen LogP contribution is 2.63. The van der Waals surface area contributed by atoms with Gasteiger partial charge in [-0.3, -0.25) is 0 Å². The van der Waals surface area contributed by atoms with Gasteiger partial charge < -0.3 is 0 Å². The maximum Gasteiger partial charge on any atom is 0.0223 e. The summed E-state index contributed by atoms with van der Waals surface area (Å²) < 4.78 is 0. The molecule has 0 heterocycles. The molecule has 6 rings (SSSR count). The van der Waals surface area contributed by atoms with Gasteiger partial charge in [-0.1, -0.05) is 43.3 Å². The van der Waals surface area contributed by atoms with Gasteiger partial charge in [-0.25, -0.2) is 0 Å². The quantitative estimate of drug-likeness (QED) is 0.431. The molecule has 130 valence electrons. The summed E-state index contributed by atoms with van der Waals surface area (Å²) in [4.78, 5) is 0. The molecule has 0 bridgehead atoms. The number of hydrogen-bond donors (Lipinski definition) is 0. The second-order valence-electron chi connectivity index (χ2n) is 9.13. The second kappa shape index (κ2) is 4.80. The number of aryl methyl sites for hydroxylation is 2. The summed E-state index contributed by atoms with van der Waals surface area (Å²) in [5.74, 6) is 0.778. The molecule has 0 saturated heterocycles. The van der Waals surface area contributed by atoms with Crippen molar-refractivity contribution >= 4 is 10.8 Å². The SMILES string of the molecule is Cc1ccc2c3c1CC(C)CC31CCCc3c1c-2c1ccccc1c3C. The van der Waals surface area contributed by atoms with Gasteiger partial charge in [-0.2, -0.15) is 0 Å². The van der Waals surface area contributed by atoms with Crippen LogP contribution in [0.5, 0.6) is 0 Å². The van der Waals surface area contributed by atoms with Crippen LogP contribution in [-0.4, -0.2) is 0 Å². The lowest BCUT2D eigenvalue weighted by atomic mass is 9.59. The molecule has 3 aliphatic carbocycles. The Labute approximate surface area is 156 Å². The zero-order chi connectivity index (χ0) is 17.6. The molecule has 26 heavy (non-hydrogen) atoms. The van der Waals surface area contributed by atoms with E-state index in [1.807, 2.05) is 0 Å². The first-order valence-corrected chi connectivity index (χ1v) is 10.3. The molecule has 0 heteroatoms. The Morgan fingerprint density at radius 2 is 1.73 bits per heavy atom. The van der Waals surface area contributed by atoms with Crippen molar-refractivity contribution < 1.29 is 0 Å². The molecular weight excluding hydrogens is 312 g/mol. The Balaban J connectivity index is 1.88. The fourth-order valence-electron chi connectivity index (χ4n) is 6.82. The molecule has 0 aliphatic heterocycles. The summed E-state index contributed by atoms with van der Waals surface area (Å²) in [6.07, 6.45) is 6.55. The normalized spacial score (nSPS) is 25.3. The van der Waals surface area contributed by atoms with Crippen LogP contribution in [-0.2, 0) is 18.3 Å². The Bertz CT molecular complexity index is 1100. The Morgan fingerprint density at radius 1 is 0.923 bits per heavy atom. The highest BCUT2D eigenvalue weighted by atomic mass is 14.5. The molecule has 0 nitrogen and oxygen atoms in total. The van der Waals surface area contributed by atoms with Crippen LogP contribution in [0.3, 0.4) is 0 Å². The van der Waals surface area contributed by atoms with Gasteiger partial charge in [0.05, 0.1) is 0 Å². The third-order valence-electron chi connectivity index (χ3n) is 7.66. The van der Waals surface area contributed by atoms with Crippen molar-refractivity contribution in [3.8, 4) is 11.1 Å². The molecule has 0 amide bonds. The minimum absolute atomic E-state index is 0.298. The summed E-state index contributed by atoms with van der Waals surface area (Å²) in [6.45, 7) is 7.18. The van der Waals surface area contributed by atoms with E-state index in [4.69, 9.17) is 0 Å². The lowest BCUT2D eigenvalue weighted by molar-refractivity contribution is 0.316. The molecule has 0 saturated carbocycles. The highest BCUT2D eigenvalue weighted by molar-refractivity contribution is 6.05. The third-order valence-corrected chi connectivity index (χ3v) is 7.66. The first-order chi connectivity index (χ1) is 12.6. The number of benzene rings is 3. The van der Waals surface area contributed by atoms with Gasteiger partial charge in [0.15, 0.2) is 0 Å². The molecular formula is C26H26. The van der Waals surface area contributed by atoms with Crippen molar-refractivity contribution in [1.29, 1.82) is 0 Å². The fraction of sp³-hybridized carbons (Fsp3) is 0.385. The number of fused-ring (bicyclic) bond motifs is 3. The molecule has 3 aromatic rings. The average Bonchev–Trinajstić information content (AvgIpc) is 2.94. The Kier molecular flexibility index (Phi) is 2.77. The molecule has 0 radical (unpaired) electrons. The minimum Gasteiger partial charge on any atom is -0.0621 e. The molecule has 2 unspecified atom stereocenters. The standard InChI is InChI=1S/C26H26/c1-15-13-22-16(2)10-11-21-23-20-8-5-4-7-18(20)17(3)19-9-6-12-26(14-15,24(21)22)25(19)23/h4-5,7-8,10-11,15H,6,9,12-14H2,1-3H3. The van der Waals surface area contributed by atoms with E-state index in [1.54, 1.807) is 38.9 Å². The summed E-state index contributed by atoms with van der Waals surface area (Å²) >= 11 is 0. The monoisotopic (exact) mass is 338 g/mol. The van der Waals surface area contributed by atoms with Gasteiger partial charge in [0, 0.05) is 5.41 Å². The van der Waals surface area contributed by atoms with Crippen LogP contribution in [0.4, 0.5) is 0 Å². The van der Waals surface area contributed by atoms with Crippen LogP contribution in [0.1, 0.15) is 59.6 Å². The minimum atomic E-state index is 0.298. The van der Waals surface area contributed by atoms with Crippen molar-refractivity contribution in [1.82, 2.24) is 0 Å². The van der Waals surface area contributed by atoms with Gasteiger partial charge in [0.25, 0.3) is 0 Å². The van der Waals surface area contributed by atoms with Crippen LogP contribution in [0, 0.1) is 19.8 Å². The van der Waals surface area contributed by atoms with E-state index >= 15 is 0 Å². The number of hydrogen-bond acceptors (Lipinski definition) is 0.